The molecule has 0 aromatic rings. The highest BCUT2D eigenvalue weighted by Crippen LogP contribution is 2.29. The minimum absolute atomic E-state index is 0.358. The van der Waals surface area contributed by atoms with Crippen LogP contribution in [0.25, 0.3) is 0 Å². The van der Waals surface area contributed by atoms with Crippen molar-refractivity contribution in [3.05, 3.63) is 0 Å². The maximum absolute atomic E-state index is 11.7. The maximum atomic E-state index is 11.7. The van der Waals surface area contributed by atoms with Gasteiger partial charge in [-0.15, -0.1) is 0 Å². The van der Waals surface area contributed by atoms with Crippen molar-refractivity contribution in [3.63, 3.8) is 0 Å². The summed E-state index contributed by atoms with van der Waals surface area (Å²) < 4.78 is 26.1. The number of sulfonamides is 1. The monoisotopic (exact) mass is 220 g/mol. The molecule has 4 nitrogen and oxygen atoms in total. The van der Waals surface area contributed by atoms with Gasteiger partial charge in [-0.2, -0.15) is 0 Å². The van der Waals surface area contributed by atoms with Crippen molar-refractivity contribution < 1.29 is 8.42 Å². The second-order valence-corrected chi connectivity index (χ2v) is 6.62. The van der Waals surface area contributed by atoms with Crippen LogP contribution in [-0.4, -0.2) is 25.8 Å². The molecule has 1 aliphatic rings. The van der Waals surface area contributed by atoms with Crippen LogP contribution in [0.5, 0.6) is 0 Å². The van der Waals surface area contributed by atoms with Crippen LogP contribution in [0.15, 0.2) is 0 Å². The molecular weight excluding hydrogens is 200 g/mol. The molecule has 0 amide bonds. The average Bonchev–Trinajstić information content (AvgIpc) is 2.53. The molecule has 0 unspecified atom stereocenters. The molecule has 0 bridgehead atoms. The SMILES string of the molecule is CC(C)S(=O)(=O)NC1(CN)CCCC1. The predicted molar refractivity (Wildman–Crippen MR) is 57.4 cm³/mol. The molecule has 0 heterocycles. The molecule has 1 fully saturated rings. The van der Waals surface area contributed by atoms with Gasteiger partial charge in [0.25, 0.3) is 0 Å². The summed E-state index contributed by atoms with van der Waals surface area (Å²) in [6, 6.07) is 0. The van der Waals surface area contributed by atoms with Crippen LogP contribution < -0.4 is 10.5 Å². The Morgan fingerprint density at radius 1 is 1.36 bits per heavy atom. The molecule has 1 saturated carbocycles. The van der Waals surface area contributed by atoms with E-state index in [0.29, 0.717) is 6.54 Å². The summed E-state index contributed by atoms with van der Waals surface area (Å²) in [4.78, 5) is 0. The lowest BCUT2D eigenvalue weighted by atomic mass is 10.0. The lowest BCUT2D eigenvalue weighted by molar-refractivity contribution is 0.397. The number of rotatable bonds is 4. The average molecular weight is 220 g/mol. The van der Waals surface area contributed by atoms with E-state index >= 15 is 0 Å². The van der Waals surface area contributed by atoms with Crippen LogP contribution in [0, 0.1) is 0 Å². The fourth-order valence-electron chi connectivity index (χ4n) is 1.82. The molecule has 84 valence electrons. The van der Waals surface area contributed by atoms with E-state index in [4.69, 9.17) is 5.73 Å². The van der Waals surface area contributed by atoms with E-state index in [1.54, 1.807) is 13.8 Å². The van der Waals surface area contributed by atoms with Gasteiger partial charge in [-0.1, -0.05) is 12.8 Å². The second kappa shape index (κ2) is 4.16. The number of nitrogens with one attached hydrogen (secondary N) is 1. The molecule has 0 aromatic heterocycles. The fraction of sp³-hybridized carbons (Fsp3) is 1.00. The van der Waals surface area contributed by atoms with Crippen molar-refractivity contribution in [3.8, 4) is 0 Å². The first-order valence-electron chi connectivity index (χ1n) is 5.15. The van der Waals surface area contributed by atoms with Crippen LogP contribution in [0.3, 0.4) is 0 Å². The molecule has 0 saturated heterocycles. The van der Waals surface area contributed by atoms with Gasteiger partial charge in [0.2, 0.25) is 10.0 Å². The van der Waals surface area contributed by atoms with Gasteiger partial charge in [-0.3, -0.25) is 0 Å². The molecule has 0 radical (unpaired) electrons. The summed E-state index contributed by atoms with van der Waals surface area (Å²) in [5.74, 6) is 0. The van der Waals surface area contributed by atoms with Crippen LogP contribution in [0.4, 0.5) is 0 Å². The van der Waals surface area contributed by atoms with E-state index < -0.39 is 10.0 Å². The Morgan fingerprint density at radius 3 is 2.21 bits per heavy atom. The van der Waals surface area contributed by atoms with Crippen molar-refractivity contribution in [2.75, 3.05) is 6.54 Å². The minimum atomic E-state index is -3.18. The molecule has 0 atom stereocenters. The molecule has 0 aliphatic heterocycles. The Morgan fingerprint density at radius 2 is 1.86 bits per heavy atom. The normalized spacial score (nSPS) is 21.7. The van der Waals surface area contributed by atoms with E-state index in [-0.39, 0.29) is 10.8 Å². The van der Waals surface area contributed by atoms with Crippen molar-refractivity contribution in [2.24, 2.45) is 5.73 Å². The summed E-state index contributed by atoms with van der Waals surface area (Å²) in [5, 5.41) is -0.383. The van der Waals surface area contributed by atoms with Gasteiger partial charge in [0, 0.05) is 12.1 Å². The number of hydrogen-bond donors (Lipinski definition) is 2. The highest BCUT2D eigenvalue weighted by Gasteiger charge is 2.36. The van der Waals surface area contributed by atoms with Gasteiger partial charge < -0.3 is 5.73 Å². The zero-order chi connectivity index (χ0) is 10.8. The highest BCUT2D eigenvalue weighted by atomic mass is 32.2. The molecule has 1 aliphatic carbocycles. The fourth-order valence-corrected chi connectivity index (χ4v) is 2.95. The quantitative estimate of drug-likeness (QED) is 0.728. The van der Waals surface area contributed by atoms with E-state index in [9.17, 15) is 8.42 Å². The molecular formula is C9H20N2O2S. The standard InChI is InChI=1S/C9H20N2O2S/c1-8(2)14(12,13)11-9(7-10)5-3-4-6-9/h8,11H,3-7,10H2,1-2H3. The topological polar surface area (TPSA) is 72.2 Å². The maximum Gasteiger partial charge on any atom is 0.214 e. The lowest BCUT2D eigenvalue weighted by Crippen LogP contribution is -2.53. The Balaban J connectivity index is 2.75. The molecule has 3 N–H and O–H groups in total. The third-order valence-corrected chi connectivity index (χ3v) is 4.89. The zero-order valence-corrected chi connectivity index (χ0v) is 9.73. The summed E-state index contributed by atoms with van der Waals surface area (Å²) in [7, 11) is -3.18. The predicted octanol–water partition coefficient (Wildman–Crippen LogP) is 0.586. The van der Waals surface area contributed by atoms with Crippen molar-refractivity contribution >= 4 is 10.0 Å². The zero-order valence-electron chi connectivity index (χ0n) is 8.91. The molecule has 0 spiro atoms. The van der Waals surface area contributed by atoms with Crippen LogP contribution >= 0.6 is 0 Å². The molecule has 5 heteroatoms. The summed E-state index contributed by atoms with van der Waals surface area (Å²) in [6.45, 7) is 3.77. The molecule has 14 heavy (non-hydrogen) atoms. The van der Waals surface area contributed by atoms with Gasteiger partial charge in [-0.25, -0.2) is 13.1 Å². The first kappa shape index (κ1) is 11.9. The Hall–Kier alpha value is -0.130. The third-order valence-electron chi connectivity index (χ3n) is 2.93. The van der Waals surface area contributed by atoms with E-state index in [0.717, 1.165) is 25.7 Å². The molecule has 0 aromatic carbocycles. The van der Waals surface area contributed by atoms with Gasteiger partial charge in [0.05, 0.1) is 5.25 Å². The van der Waals surface area contributed by atoms with E-state index in [1.165, 1.54) is 0 Å². The minimum Gasteiger partial charge on any atom is -0.329 e. The third kappa shape index (κ3) is 2.46. The van der Waals surface area contributed by atoms with Crippen LogP contribution in [0.1, 0.15) is 39.5 Å². The van der Waals surface area contributed by atoms with E-state index in [1.807, 2.05) is 0 Å². The van der Waals surface area contributed by atoms with Crippen molar-refractivity contribution in [2.45, 2.75) is 50.3 Å². The summed E-state index contributed by atoms with van der Waals surface area (Å²) in [5.41, 5.74) is 5.29. The van der Waals surface area contributed by atoms with Crippen LogP contribution in [0.2, 0.25) is 0 Å². The van der Waals surface area contributed by atoms with Gasteiger partial charge in [0.15, 0.2) is 0 Å². The lowest BCUT2D eigenvalue weighted by Gasteiger charge is -2.29. The second-order valence-electron chi connectivity index (χ2n) is 4.39. The number of nitrogens with two attached hydrogens (primary N) is 1. The first-order valence-corrected chi connectivity index (χ1v) is 6.69. The largest absolute Gasteiger partial charge is 0.329 e. The Bertz CT molecular complexity index is 279. The number of hydrogen-bond acceptors (Lipinski definition) is 3. The molecule has 1 rings (SSSR count). The Kier molecular flexibility index (Phi) is 3.55. The first-order chi connectivity index (χ1) is 6.42. The van der Waals surface area contributed by atoms with E-state index in [2.05, 4.69) is 4.72 Å². The summed E-state index contributed by atoms with van der Waals surface area (Å²) >= 11 is 0. The van der Waals surface area contributed by atoms with Crippen molar-refractivity contribution in [1.82, 2.24) is 4.72 Å². The smallest absolute Gasteiger partial charge is 0.214 e. The van der Waals surface area contributed by atoms with Crippen molar-refractivity contribution in [1.29, 1.82) is 0 Å². The Labute approximate surface area is 86.3 Å². The summed E-state index contributed by atoms with van der Waals surface area (Å²) in [6.07, 6.45) is 3.88. The van der Waals surface area contributed by atoms with Crippen LogP contribution in [-0.2, 0) is 10.0 Å². The highest BCUT2D eigenvalue weighted by molar-refractivity contribution is 7.90. The van der Waals surface area contributed by atoms with Gasteiger partial charge in [-0.05, 0) is 26.7 Å². The van der Waals surface area contributed by atoms with Gasteiger partial charge in [0.1, 0.15) is 0 Å². The van der Waals surface area contributed by atoms with Gasteiger partial charge >= 0.3 is 0 Å².